The van der Waals surface area contributed by atoms with E-state index < -0.39 is 5.92 Å². The highest BCUT2D eigenvalue weighted by atomic mass is 19.3. The Labute approximate surface area is 240 Å². The minimum atomic E-state index is -2.32. The van der Waals surface area contributed by atoms with Crippen molar-refractivity contribution in [1.29, 1.82) is 0 Å². The van der Waals surface area contributed by atoms with Crippen molar-refractivity contribution in [2.75, 3.05) is 0 Å². The van der Waals surface area contributed by atoms with E-state index in [2.05, 4.69) is 25.8 Å². The normalized spacial score (nSPS) is 17.5. The maximum absolute atomic E-state index is 12.5. The molecule has 224 valence electrons. The number of nitrogens with zero attached hydrogens (tertiary/aromatic N) is 5. The van der Waals surface area contributed by atoms with E-state index in [0.717, 1.165) is 24.8 Å². The van der Waals surface area contributed by atoms with Crippen molar-refractivity contribution in [3.63, 3.8) is 0 Å². The van der Waals surface area contributed by atoms with E-state index >= 15 is 0 Å². The minimum absolute atomic E-state index is 0.0898. The van der Waals surface area contributed by atoms with Gasteiger partial charge in [-0.15, -0.1) is 0 Å². The topological polar surface area (TPSA) is 106 Å². The molecule has 6 rings (SSSR count). The Morgan fingerprint density at radius 1 is 1.00 bits per heavy atom. The summed E-state index contributed by atoms with van der Waals surface area (Å²) in [7, 11) is 0. The molecular formula is C30H43F2N7O2. The molecule has 11 heteroatoms. The lowest BCUT2D eigenvalue weighted by atomic mass is 9.83. The molecule has 0 atom stereocenters. The van der Waals surface area contributed by atoms with Crippen LogP contribution in [0.5, 0.6) is 0 Å². The van der Waals surface area contributed by atoms with Crippen LogP contribution in [0.2, 0.25) is 0 Å². The Bertz CT molecular complexity index is 1270. The van der Waals surface area contributed by atoms with Crippen molar-refractivity contribution >= 4 is 17.5 Å². The van der Waals surface area contributed by atoms with Gasteiger partial charge in [-0.2, -0.15) is 10.2 Å². The highest BCUT2D eigenvalue weighted by molar-refractivity contribution is 5.92. The molecule has 9 nitrogen and oxygen atoms in total. The minimum Gasteiger partial charge on any atom is -0.352 e. The fourth-order valence-electron chi connectivity index (χ4n) is 4.61. The number of imidazole rings is 1. The molecule has 3 aliphatic carbocycles. The highest BCUT2D eigenvalue weighted by Gasteiger charge is 2.30. The van der Waals surface area contributed by atoms with Gasteiger partial charge >= 0.3 is 0 Å². The first-order valence-corrected chi connectivity index (χ1v) is 15.0. The molecular weight excluding hydrogens is 528 g/mol. The molecule has 3 aliphatic rings. The second-order valence-corrected chi connectivity index (χ2v) is 11.6. The first-order chi connectivity index (χ1) is 19.7. The number of carbonyl (C=O) groups excluding carboxylic acids is 2. The van der Waals surface area contributed by atoms with Gasteiger partial charge in [-0.25, -0.2) is 18.3 Å². The van der Waals surface area contributed by atoms with Gasteiger partial charge in [0.1, 0.15) is 5.69 Å². The number of hydrogen-bond acceptors (Lipinski definition) is 5. The van der Waals surface area contributed by atoms with Gasteiger partial charge in [0.15, 0.2) is 5.65 Å². The lowest BCUT2D eigenvalue weighted by Crippen LogP contribution is -2.27. The number of aromatic nitrogens is 5. The van der Waals surface area contributed by atoms with Crippen LogP contribution >= 0.6 is 0 Å². The first kappa shape index (κ1) is 30.6. The molecule has 2 N–H and O–H groups in total. The molecule has 0 saturated heterocycles. The summed E-state index contributed by atoms with van der Waals surface area (Å²) in [4.78, 5) is 29.0. The van der Waals surface area contributed by atoms with Gasteiger partial charge in [0.25, 0.3) is 5.91 Å². The van der Waals surface area contributed by atoms with Gasteiger partial charge in [-0.3, -0.25) is 14.3 Å². The van der Waals surface area contributed by atoms with Gasteiger partial charge in [0.05, 0.1) is 24.6 Å². The average Bonchev–Trinajstić information content (AvgIpc) is 3.61. The first-order valence-electron chi connectivity index (χ1n) is 15.0. The lowest BCUT2D eigenvalue weighted by Gasteiger charge is -2.24. The van der Waals surface area contributed by atoms with Crippen LogP contribution in [0.4, 0.5) is 8.78 Å². The number of alkyl halides is 2. The predicted molar refractivity (Wildman–Crippen MR) is 152 cm³/mol. The largest absolute Gasteiger partial charge is 0.352 e. The molecule has 3 aromatic heterocycles. The van der Waals surface area contributed by atoms with Crippen LogP contribution in [0.15, 0.2) is 30.7 Å². The Morgan fingerprint density at radius 2 is 1.71 bits per heavy atom. The zero-order valence-electron chi connectivity index (χ0n) is 24.2. The lowest BCUT2D eigenvalue weighted by molar-refractivity contribution is -0.122. The molecule has 0 spiro atoms. The molecule has 41 heavy (non-hydrogen) atoms. The molecule has 0 aliphatic heterocycles. The second kappa shape index (κ2) is 14.5. The highest BCUT2D eigenvalue weighted by Crippen LogP contribution is 2.32. The Morgan fingerprint density at radius 3 is 2.29 bits per heavy atom. The van der Waals surface area contributed by atoms with E-state index in [0.29, 0.717) is 55.3 Å². The van der Waals surface area contributed by atoms with Crippen LogP contribution in [-0.4, -0.2) is 42.1 Å². The van der Waals surface area contributed by atoms with Crippen molar-refractivity contribution in [3.8, 4) is 0 Å². The van der Waals surface area contributed by atoms with Crippen LogP contribution in [-0.2, 0) is 17.9 Å². The summed E-state index contributed by atoms with van der Waals surface area (Å²) >= 11 is 0. The third kappa shape index (κ3) is 9.89. The fraction of sp³-hybridized carbons (Fsp3) is 0.633. The predicted octanol–water partition coefficient (Wildman–Crippen LogP) is 6.00. The van der Waals surface area contributed by atoms with Gasteiger partial charge in [-0.1, -0.05) is 32.1 Å². The molecule has 3 saturated carbocycles. The third-order valence-corrected chi connectivity index (χ3v) is 7.38. The van der Waals surface area contributed by atoms with Crippen molar-refractivity contribution in [1.82, 2.24) is 35.0 Å². The molecule has 0 bridgehead atoms. The summed E-state index contributed by atoms with van der Waals surface area (Å²) < 4.78 is 27.8. The summed E-state index contributed by atoms with van der Waals surface area (Å²) in [6.07, 6.45) is 16.5. The second-order valence-electron chi connectivity index (χ2n) is 11.6. The summed E-state index contributed by atoms with van der Waals surface area (Å²) in [6, 6.07) is 3.70. The Kier molecular flexibility index (Phi) is 10.8. The van der Waals surface area contributed by atoms with Gasteiger partial charge in [0.2, 0.25) is 11.8 Å². The van der Waals surface area contributed by atoms with Crippen LogP contribution in [0.1, 0.15) is 119 Å². The summed E-state index contributed by atoms with van der Waals surface area (Å²) in [5, 5.41) is 14.4. The molecule has 0 aromatic carbocycles. The van der Waals surface area contributed by atoms with E-state index in [4.69, 9.17) is 0 Å². The number of hydrogen-bond donors (Lipinski definition) is 2. The quantitative estimate of drug-likeness (QED) is 0.345. The van der Waals surface area contributed by atoms with Gasteiger partial charge in [-0.05, 0) is 63.1 Å². The molecule has 2 amide bonds. The molecule has 3 aromatic rings. The Balaban J connectivity index is 0.000000292. The fourth-order valence-corrected chi connectivity index (χ4v) is 4.61. The zero-order valence-corrected chi connectivity index (χ0v) is 24.2. The number of nitrogens with one attached hydrogen (secondary N) is 2. The third-order valence-electron chi connectivity index (χ3n) is 7.38. The van der Waals surface area contributed by atoms with Gasteiger partial charge in [0, 0.05) is 38.0 Å². The van der Waals surface area contributed by atoms with Crippen LogP contribution in [0, 0.1) is 5.92 Å². The summed E-state index contributed by atoms with van der Waals surface area (Å²) in [6.45, 7) is 4.68. The smallest absolute Gasteiger partial charge is 0.269 e. The zero-order chi connectivity index (χ0) is 29.2. The van der Waals surface area contributed by atoms with Gasteiger partial charge < -0.3 is 10.6 Å². The van der Waals surface area contributed by atoms with E-state index in [1.165, 1.54) is 25.7 Å². The summed E-state index contributed by atoms with van der Waals surface area (Å²) in [5.74, 6) is -1.87. The van der Waals surface area contributed by atoms with E-state index in [1.54, 1.807) is 33.9 Å². The number of rotatable bonds is 8. The monoisotopic (exact) mass is 571 g/mol. The van der Waals surface area contributed by atoms with E-state index in [-0.39, 0.29) is 30.7 Å². The van der Waals surface area contributed by atoms with Crippen molar-refractivity contribution < 1.29 is 18.4 Å². The maximum Gasteiger partial charge on any atom is 0.269 e. The molecule has 3 heterocycles. The van der Waals surface area contributed by atoms with E-state index in [1.807, 2.05) is 19.9 Å². The summed E-state index contributed by atoms with van der Waals surface area (Å²) in [5.41, 5.74) is 2.80. The SMILES string of the molecule is C1CC1.CC(C)n1nccc1C(=O)NCc1cn2ncc(CNC(=O)CC3CCC3)cc2n1.FC1(F)CCCCC1. The van der Waals surface area contributed by atoms with Crippen LogP contribution in [0.3, 0.4) is 0 Å². The molecule has 0 radical (unpaired) electrons. The number of halogens is 2. The number of carbonyl (C=O) groups is 2. The number of fused-ring (bicyclic) bond motifs is 1. The molecule has 0 unspecified atom stereocenters. The van der Waals surface area contributed by atoms with Crippen LogP contribution < -0.4 is 10.6 Å². The van der Waals surface area contributed by atoms with Crippen molar-refractivity contribution in [3.05, 3.63) is 47.7 Å². The van der Waals surface area contributed by atoms with Crippen LogP contribution in [0.25, 0.3) is 5.65 Å². The van der Waals surface area contributed by atoms with Crippen molar-refractivity contribution in [2.24, 2.45) is 5.92 Å². The Hall–Kier alpha value is -3.37. The average molecular weight is 572 g/mol. The van der Waals surface area contributed by atoms with Crippen molar-refractivity contribution in [2.45, 2.75) is 116 Å². The maximum atomic E-state index is 12.5. The number of amides is 2. The van der Waals surface area contributed by atoms with E-state index in [9.17, 15) is 18.4 Å². The standard InChI is InChI=1S/C21H27N7O2.C6H10F2.C3H6/c1-14(2)28-18(6-7-24-28)21(30)23-12-17-13-27-19(26-17)8-16(11-25-27)10-22-20(29)9-15-4-3-5-15;7-6(8)4-2-1-3-5-6;1-2-3-1/h6-8,11,13-15H,3-5,9-10,12H2,1-2H3,(H,22,29)(H,23,30);1-5H2;1-3H2. The molecule has 3 fully saturated rings.